The van der Waals surface area contributed by atoms with Gasteiger partial charge in [0.05, 0.1) is 16.3 Å². The zero-order chi connectivity index (χ0) is 26.6. The molecular weight excluding hydrogens is 523 g/mol. The van der Waals surface area contributed by atoms with E-state index in [2.05, 4.69) is 9.97 Å². The van der Waals surface area contributed by atoms with Crippen molar-refractivity contribution in [3.63, 3.8) is 0 Å². The molecule has 0 spiro atoms. The van der Waals surface area contributed by atoms with Crippen LogP contribution in [0, 0.1) is 25.5 Å². The Balaban J connectivity index is 1.61. The van der Waals surface area contributed by atoms with Gasteiger partial charge in [-0.1, -0.05) is 35.3 Å². The molecule has 0 bridgehead atoms. The maximum Gasteiger partial charge on any atom is 0.338 e. The highest BCUT2D eigenvalue weighted by atomic mass is 35.5. The summed E-state index contributed by atoms with van der Waals surface area (Å²) in [6, 6.07) is 7.05. The minimum Gasteiger partial charge on any atom is -0.478 e. The number of hydrogen-bond donors (Lipinski definition) is 1. The Morgan fingerprint density at radius 2 is 1.84 bits per heavy atom. The lowest BCUT2D eigenvalue weighted by atomic mass is 10.0. The van der Waals surface area contributed by atoms with Crippen molar-refractivity contribution >= 4 is 34.7 Å². The highest BCUT2D eigenvalue weighted by Crippen LogP contribution is 2.48. The summed E-state index contributed by atoms with van der Waals surface area (Å²) in [6.45, 7) is 3.19. The van der Waals surface area contributed by atoms with Gasteiger partial charge in [0.15, 0.2) is 5.82 Å². The van der Waals surface area contributed by atoms with Crippen molar-refractivity contribution in [1.82, 2.24) is 14.5 Å². The zero-order valence-electron chi connectivity index (χ0n) is 19.4. The summed E-state index contributed by atoms with van der Waals surface area (Å²) >= 11 is 12.5. The van der Waals surface area contributed by atoms with E-state index in [0.29, 0.717) is 21.8 Å². The Morgan fingerprint density at radius 1 is 1.08 bits per heavy atom. The van der Waals surface area contributed by atoms with Crippen LogP contribution in [0.1, 0.15) is 38.7 Å². The van der Waals surface area contributed by atoms with Gasteiger partial charge >= 0.3 is 5.97 Å². The highest BCUT2D eigenvalue weighted by molar-refractivity contribution is 6.31. The standard InChI is InChI=1S/C27H17Cl2F2N3O3/c1-12-9-33-24(16-4-3-5-17(22(16)30)27(36)37)23(31)25(12)34-13(2)6-20(21(29)26(34)35)19-8-18(19)14-7-15(28)11-32-10-14/h3-11,19H,1-2H3,(H,36,37)/t19-/m0/s1. The van der Waals surface area contributed by atoms with E-state index < -0.39 is 34.4 Å². The number of carboxylic acid groups (broad SMARTS) is 1. The molecule has 10 heteroatoms. The minimum absolute atomic E-state index is 0.0898. The SMILES string of the molecule is Cc1cnc(-c2cccc(C(=O)O)c2F)c(F)c1-n1c(C)cc([C@H]2C=C2c2cncc(Cl)c2)c(Cl)c1=O. The van der Waals surface area contributed by atoms with Crippen LogP contribution in [0.25, 0.3) is 22.5 Å². The van der Waals surface area contributed by atoms with Crippen LogP contribution in [0.2, 0.25) is 10.0 Å². The van der Waals surface area contributed by atoms with Crippen LogP contribution in [0.15, 0.2) is 59.8 Å². The number of aromatic nitrogens is 3. The Morgan fingerprint density at radius 3 is 2.54 bits per heavy atom. The summed E-state index contributed by atoms with van der Waals surface area (Å²) in [5.41, 5.74) is 0.793. The number of allylic oxidation sites excluding steroid dienone is 2. The van der Waals surface area contributed by atoms with Crippen molar-refractivity contribution in [2.24, 2.45) is 0 Å². The molecule has 1 aromatic carbocycles. The van der Waals surface area contributed by atoms with Gasteiger partial charge in [0, 0.05) is 35.8 Å². The topological polar surface area (TPSA) is 85.1 Å². The fraction of sp³-hybridized carbons (Fsp3) is 0.111. The van der Waals surface area contributed by atoms with Gasteiger partial charge in [0.1, 0.15) is 16.5 Å². The summed E-state index contributed by atoms with van der Waals surface area (Å²) in [6.07, 6.45) is 6.40. The lowest BCUT2D eigenvalue weighted by Crippen LogP contribution is -2.24. The summed E-state index contributed by atoms with van der Waals surface area (Å²) in [7, 11) is 0. The van der Waals surface area contributed by atoms with E-state index >= 15 is 4.39 Å². The second kappa shape index (κ2) is 9.21. The minimum atomic E-state index is -1.50. The van der Waals surface area contributed by atoms with E-state index in [0.717, 1.165) is 21.8 Å². The second-order valence-electron chi connectivity index (χ2n) is 8.61. The van der Waals surface area contributed by atoms with Gasteiger partial charge < -0.3 is 5.11 Å². The van der Waals surface area contributed by atoms with E-state index in [1.807, 2.05) is 6.08 Å². The van der Waals surface area contributed by atoms with E-state index in [1.54, 1.807) is 32.2 Å². The number of nitrogens with zero attached hydrogens (tertiary/aromatic N) is 3. The molecule has 0 radical (unpaired) electrons. The van der Waals surface area contributed by atoms with Gasteiger partial charge in [-0.3, -0.25) is 19.3 Å². The molecule has 0 amide bonds. The van der Waals surface area contributed by atoms with E-state index in [1.165, 1.54) is 24.5 Å². The number of carboxylic acids is 1. The molecule has 1 atom stereocenters. The van der Waals surface area contributed by atoms with Gasteiger partial charge in [0.2, 0.25) is 0 Å². The number of aryl methyl sites for hydroxylation is 2. The average Bonchev–Trinajstić information content (AvgIpc) is 3.65. The largest absolute Gasteiger partial charge is 0.478 e. The molecule has 1 aliphatic rings. The summed E-state index contributed by atoms with van der Waals surface area (Å²) in [4.78, 5) is 32.9. The molecule has 0 saturated heterocycles. The van der Waals surface area contributed by atoms with Crippen LogP contribution in [0.3, 0.4) is 0 Å². The van der Waals surface area contributed by atoms with Crippen molar-refractivity contribution in [3.05, 3.63) is 115 Å². The van der Waals surface area contributed by atoms with Crippen LogP contribution < -0.4 is 5.56 Å². The van der Waals surface area contributed by atoms with Crippen molar-refractivity contribution in [3.8, 4) is 16.9 Å². The van der Waals surface area contributed by atoms with E-state index in [9.17, 15) is 19.1 Å². The summed E-state index contributed by atoms with van der Waals surface area (Å²) in [5, 5.41) is 9.63. The van der Waals surface area contributed by atoms with Crippen molar-refractivity contribution < 1.29 is 18.7 Å². The molecule has 1 aliphatic carbocycles. The molecule has 3 aromatic heterocycles. The molecule has 0 unspecified atom stereocenters. The van der Waals surface area contributed by atoms with Crippen molar-refractivity contribution in [2.45, 2.75) is 19.8 Å². The lowest BCUT2D eigenvalue weighted by Gasteiger charge is -2.18. The normalized spacial score (nSPS) is 14.4. The van der Waals surface area contributed by atoms with Gasteiger partial charge in [-0.15, -0.1) is 0 Å². The predicted molar refractivity (Wildman–Crippen MR) is 137 cm³/mol. The number of benzene rings is 1. The number of hydrogen-bond acceptors (Lipinski definition) is 4. The maximum absolute atomic E-state index is 15.9. The molecule has 5 rings (SSSR count). The first-order valence-electron chi connectivity index (χ1n) is 11.0. The van der Waals surface area contributed by atoms with Gasteiger partial charge in [0.25, 0.3) is 5.56 Å². The van der Waals surface area contributed by atoms with Gasteiger partial charge in [-0.05, 0) is 60.4 Å². The molecule has 0 fully saturated rings. The molecular formula is C27H17Cl2F2N3O3. The third-order valence-electron chi connectivity index (χ3n) is 6.19. The fourth-order valence-corrected chi connectivity index (χ4v) is 4.81. The number of aromatic carboxylic acids is 1. The summed E-state index contributed by atoms with van der Waals surface area (Å²) in [5.74, 6) is -3.83. The van der Waals surface area contributed by atoms with Crippen molar-refractivity contribution in [1.29, 1.82) is 0 Å². The molecule has 186 valence electrons. The number of carbonyl (C=O) groups is 1. The van der Waals surface area contributed by atoms with Crippen LogP contribution in [-0.4, -0.2) is 25.6 Å². The number of pyridine rings is 3. The van der Waals surface area contributed by atoms with Gasteiger partial charge in [-0.25, -0.2) is 13.6 Å². The molecule has 4 aromatic rings. The quantitative estimate of drug-likeness (QED) is 0.318. The zero-order valence-corrected chi connectivity index (χ0v) is 20.9. The number of halogens is 4. The van der Waals surface area contributed by atoms with E-state index in [4.69, 9.17) is 23.2 Å². The highest BCUT2D eigenvalue weighted by Gasteiger charge is 2.32. The van der Waals surface area contributed by atoms with Crippen LogP contribution in [0.4, 0.5) is 8.78 Å². The maximum atomic E-state index is 15.9. The lowest BCUT2D eigenvalue weighted by molar-refractivity contribution is 0.0692. The summed E-state index contributed by atoms with van der Waals surface area (Å²) < 4.78 is 31.9. The van der Waals surface area contributed by atoms with Crippen LogP contribution >= 0.6 is 23.2 Å². The first-order chi connectivity index (χ1) is 17.6. The Hall–Kier alpha value is -3.88. The molecule has 0 saturated carbocycles. The van der Waals surface area contributed by atoms with Crippen molar-refractivity contribution in [2.75, 3.05) is 0 Å². The molecule has 1 N–H and O–H groups in total. The average molecular weight is 540 g/mol. The monoisotopic (exact) mass is 539 g/mol. The predicted octanol–water partition coefficient (Wildman–Crippen LogP) is 6.38. The Kier molecular flexibility index (Phi) is 6.17. The number of rotatable bonds is 5. The second-order valence-corrected chi connectivity index (χ2v) is 9.43. The first kappa shape index (κ1) is 24.8. The molecule has 6 nitrogen and oxygen atoms in total. The smallest absolute Gasteiger partial charge is 0.338 e. The fourth-order valence-electron chi connectivity index (χ4n) is 4.38. The molecule has 3 heterocycles. The first-order valence-corrected chi connectivity index (χ1v) is 11.8. The van der Waals surface area contributed by atoms with Gasteiger partial charge in [-0.2, -0.15) is 0 Å². The third-order valence-corrected chi connectivity index (χ3v) is 6.78. The Bertz CT molecular complexity index is 1720. The van der Waals surface area contributed by atoms with Crippen LogP contribution in [0.5, 0.6) is 0 Å². The molecule has 0 aliphatic heterocycles. The Labute approximate surface area is 219 Å². The van der Waals surface area contributed by atoms with E-state index in [-0.39, 0.29) is 22.2 Å². The third kappa shape index (κ3) is 4.22. The van der Waals surface area contributed by atoms with Crippen LogP contribution in [-0.2, 0) is 0 Å². The molecule has 37 heavy (non-hydrogen) atoms.